The molecule has 0 aliphatic carbocycles. The quantitative estimate of drug-likeness (QED) is 0.631. The van der Waals surface area contributed by atoms with E-state index >= 15 is 0 Å². The maximum atomic E-state index is 11.7. The molecule has 1 aliphatic rings. The second-order valence-electron chi connectivity index (χ2n) is 8.91. The molecule has 1 aromatic carbocycles. The molecule has 1 N–H and O–H groups in total. The van der Waals surface area contributed by atoms with E-state index in [0.29, 0.717) is 18.9 Å². The number of rotatable bonds is 5. The summed E-state index contributed by atoms with van der Waals surface area (Å²) < 4.78 is 23.4. The van der Waals surface area contributed by atoms with E-state index in [1.54, 1.807) is 0 Å². The Balaban J connectivity index is 2.00. The monoisotopic (exact) mass is 377 g/mol. The van der Waals surface area contributed by atoms with Gasteiger partial charge in [0.25, 0.3) is 0 Å². The molecule has 0 atom stereocenters. The third-order valence-corrected chi connectivity index (χ3v) is 4.70. The van der Waals surface area contributed by atoms with E-state index in [0.717, 1.165) is 11.0 Å². The number of hydrogen-bond acceptors (Lipinski definition) is 5. The Morgan fingerprint density at radius 3 is 2.30 bits per heavy atom. The highest BCUT2D eigenvalue weighted by molar-refractivity contribution is 6.63. The van der Waals surface area contributed by atoms with Gasteiger partial charge in [-0.3, -0.25) is 0 Å². The van der Waals surface area contributed by atoms with Crippen molar-refractivity contribution < 1.29 is 23.6 Å². The van der Waals surface area contributed by atoms with Crippen molar-refractivity contribution >= 4 is 18.7 Å². The van der Waals surface area contributed by atoms with Crippen molar-refractivity contribution in [3.05, 3.63) is 23.8 Å². The zero-order valence-corrected chi connectivity index (χ0v) is 17.8. The van der Waals surface area contributed by atoms with Crippen molar-refractivity contribution in [2.45, 2.75) is 72.2 Å². The maximum Gasteiger partial charge on any atom is 0.498 e. The molecule has 7 heteroatoms. The van der Waals surface area contributed by atoms with Crippen LogP contribution in [-0.4, -0.2) is 43.2 Å². The molecule has 1 amide bonds. The van der Waals surface area contributed by atoms with Crippen LogP contribution in [0.25, 0.3) is 0 Å². The summed E-state index contributed by atoms with van der Waals surface area (Å²) in [5.74, 6) is 0.694. The first-order valence-electron chi connectivity index (χ1n) is 9.37. The Labute approximate surface area is 163 Å². The molecule has 1 aromatic rings. The third kappa shape index (κ3) is 5.62. The fraction of sp³-hybridized carbons (Fsp3) is 0.650. The molecule has 150 valence electrons. The number of carbonyl (C=O) groups excluding carboxylic acids is 1. The molecule has 0 bridgehead atoms. The lowest BCUT2D eigenvalue weighted by atomic mass is 9.78. The minimum Gasteiger partial charge on any atom is -0.492 e. The van der Waals surface area contributed by atoms with Crippen LogP contribution >= 0.6 is 0 Å². The van der Waals surface area contributed by atoms with Gasteiger partial charge in [0.1, 0.15) is 18.0 Å². The Morgan fingerprint density at radius 2 is 1.74 bits per heavy atom. The molecule has 6 nitrogen and oxygen atoms in total. The van der Waals surface area contributed by atoms with Crippen molar-refractivity contribution in [1.82, 2.24) is 5.32 Å². The van der Waals surface area contributed by atoms with Crippen molar-refractivity contribution in [3.63, 3.8) is 0 Å². The van der Waals surface area contributed by atoms with Gasteiger partial charge < -0.3 is 24.1 Å². The number of amides is 1. The lowest BCUT2D eigenvalue weighted by Gasteiger charge is -2.32. The minimum atomic E-state index is -0.522. The van der Waals surface area contributed by atoms with Crippen molar-refractivity contribution in [3.8, 4) is 5.75 Å². The fourth-order valence-electron chi connectivity index (χ4n) is 2.56. The topological polar surface area (TPSA) is 66.0 Å². The van der Waals surface area contributed by atoms with Crippen LogP contribution in [0.5, 0.6) is 5.75 Å². The van der Waals surface area contributed by atoms with Crippen LogP contribution in [0.1, 0.15) is 54.0 Å². The van der Waals surface area contributed by atoms with Gasteiger partial charge in [-0.15, -0.1) is 0 Å². The molecule has 0 radical (unpaired) electrons. The maximum absolute atomic E-state index is 11.7. The molecular formula is C20H32BNO5. The summed E-state index contributed by atoms with van der Waals surface area (Å²) in [6.45, 7) is 16.2. The summed E-state index contributed by atoms with van der Waals surface area (Å²) in [4.78, 5) is 11.7. The van der Waals surface area contributed by atoms with Gasteiger partial charge in [-0.1, -0.05) is 12.1 Å². The summed E-state index contributed by atoms with van der Waals surface area (Å²) in [6, 6.07) is 5.92. The van der Waals surface area contributed by atoms with Gasteiger partial charge in [0, 0.05) is 5.46 Å². The van der Waals surface area contributed by atoms with Gasteiger partial charge in [0.15, 0.2) is 0 Å². The molecule has 0 unspecified atom stereocenters. The lowest BCUT2D eigenvalue weighted by Crippen LogP contribution is -2.41. The molecule has 0 spiro atoms. The third-order valence-electron chi connectivity index (χ3n) is 4.70. The van der Waals surface area contributed by atoms with Crippen LogP contribution in [0, 0.1) is 6.92 Å². The minimum absolute atomic E-state index is 0.315. The highest BCUT2D eigenvalue weighted by atomic mass is 16.7. The predicted octanol–water partition coefficient (Wildman–Crippen LogP) is 3.20. The van der Waals surface area contributed by atoms with Crippen LogP contribution in [0.4, 0.5) is 4.79 Å². The summed E-state index contributed by atoms with van der Waals surface area (Å²) in [7, 11) is -0.496. The SMILES string of the molecule is Cc1ccc(B2OC(C)(C)C(C)(C)O2)c(OCCNC(=O)OC(C)(C)C)c1. The second-order valence-corrected chi connectivity index (χ2v) is 8.91. The highest BCUT2D eigenvalue weighted by Crippen LogP contribution is 2.37. The molecule has 1 saturated heterocycles. The first-order valence-corrected chi connectivity index (χ1v) is 9.37. The van der Waals surface area contributed by atoms with Crippen molar-refractivity contribution in [2.24, 2.45) is 0 Å². The fourth-order valence-corrected chi connectivity index (χ4v) is 2.56. The number of carbonyl (C=O) groups is 1. The Bertz CT molecular complexity index is 665. The molecule has 0 saturated carbocycles. The van der Waals surface area contributed by atoms with Crippen LogP contribution < -0.4 is 15.5 Å². The van der Waals surface area contributed by atoms with Crippen LogP contribution in [0.3, 0.4) is 0 Å². The van der Waals surface area contributed by atoms with E-state index in [-0.39, 0.29) is 0 Å². The van der Waals surface area contributed by atoms with E-state index in [1.165, 1.54) is 0 Å². The van der Waals surface area contributed by atoms with Crippen molar-refractivity contribution in [1.29, 1.82) is 0 Å². The number of alkyl carbamates (subject to hydrolysis) is 1. The predicted molar refractivity (Wildman–Crippen MR) is 107 cm³/mol. The number of aryl methyl sites for hydroxylation is 1. The molecular weight excluding hydrogens is 345 g/mol. The number of hydrogen-bond donors (Lipinski definition) is 1. The number of benzene rings is 1. The second kappa shape index (κ2) is 7.72. The highest BCUT2D eigenvalue weighted by Gasteiger charge is 2.52. The number of ether oxygens (including phenoxy) is 2. The largest absolute Gasteiger partial charge is 0.498 e. The van der Waals surface area contributed by atoms with Gasteiger partial charge in [0.05, 0.1) is 17.7 Å². The first kappa shape index (κ1) is 21.6. The Hall–Kier alpha value is -1.73. The zero-order chi connectivity index (χ0) is 20.5. The van der Waals surface area contributed by atoms with E-state index in [2.05, 4.69) is 5.32 Å². The smallest absolute Gasteiger partial charge is 0.492 e. The molecule has 1 heterocycles. The summed E-state index contributed by atoms with van der Waals surface area (Å²) in [6.07, 6.45) is -0.457. The van der Waals surface area contributed by atoms with E-state index in [4.69, 9.17) is 18.8 Å². The number of nitrogens with one attached hydrogen (secondary N) is 1. The average molecular weight is 377 g/mol. The molecule has 27 heavy (non-hydrogen) atoms. The molecule has 2 rings (SSSR count). The summed E-state index contributed by atoms with van der Waals surface area (Å²) in [5.41, 5.74) is 0.559. The van der Waals surface area contributed by atoms with Crippen molar-refractivity contribution in [2.75, 3.05) is 13.2 Å². The Morgan fingerprint density at radius 1 is 1.15 bits per heavy atom. The summed E-state index contributed by atoms with van der Waals surface area (Å²) in [5, 5.41) is 2.69. The first-order chi connectivity index (χ1) is 12.3. The molecule has 1 fully saturated rings. The van der Waals surface area contributed by atoms with Crippen LogP contribution in [0.15, 0.2) is 18.2 Å². The van der Waals surface area contributed by atoms with Crippen LogP contribution in [0.2, 0.25) is 0 Å². The Kier molecular flexibility index (Phi) is 6.17. The van der Waals surface area contributed by atoms with Crippen LogP contribution in [-0.2, 0) is 14.0 Å². The molecule has 1 aliphatic heterocycles. The zero-order valence-electron chi connectivity index (χ0n) is 17.8. The standard InChI is InChI=1S/C20H32BNO5/c1-14-9-10-15(21-26-19(5,6)20(7,8)27-21)16(13-14)24-12-11-22-17(23)25-18(2,3)4/h9-10,13H,11-12H2,1-8H3,(H,22,23). The lowest BCUT2D eigenvalue weighted by molar-refractivity contribution is 0.00578. The van der Waals surface area contributed by atoms with E-state index in [1.807, 2.05) is 73.6 Å². The van der Waals surface area contributed by atoms with E-state index < -0.39 is 30.0 Å². The molecule has 0 aromatic heterocycles. The van der Waals surface area contributed by atoms with Gasteiger partial charge in [-0.2, -0.15) is 0 Å². The summed E-state index contributed by atoms with van der Waals surface area (Å²) >= 11 is 0. The van der Waals surface area contributed by atoms with Gasteiger partial charge in [-0.05, 0) is 67.0 Å². The van der Waals surface area contributed by atoms with E-state index in [9.17, 15) is 4.79 Å². The normalized spacial score (nSPS) is 18.3. The average Bonchev–Trinajstić information content (AvgIpc) is 2.70. The van der Waals surface area contributed by atoms with Gasteiger partial charge in [0.2, 0.25) is 0 Å². The van der Waals surface area contributed by atoms with Gasteiger partial charge in [-0.25, -0.2) is 4.79 Å². The van der Waals surface area contributed by atoms with Gasteiger partial charge >= 0.3 is 13.2 Å².